The van der Waals surface area contributed by atoms with E-state index in [1.54, 1.807) is 6.07 Å². The molecular formula is C21H24ClN3O2. The maximum Gasteiger partial charge on any atom is 0.255 e. The Labute approximate surface area is 165 Å². The fraction of sp³-hybridized carbons (Fsp3) is 0.333. The highest BCUT2D eigenvalue weighted by Crippen LogP contribution is 2.36. The average molecular weight is 386 g/mol. The summed E-state index contributed by atoms with van der Waals surface area (Å²) >= 11 is 0. The second kappa shape index (κ2) is 8.11. The van der Waals surface area contributed by atoms with Gasteiger partial charge in [0.05, 0.1) is 5.92 Å². The van der Waals surface area contributed by atoms with Crippen LogP contribution in [0.15, 0.2) is 48.5 Å². The van der Waals surface area contributed by atoms with Gasteiger partial charge in [-0.05, 0) is 56.2 Å². The highest BCUT2D eigenvalue weighted by atomic mass is 35.5. The van der Waals surface area contributed by atoms with Crippen molar-refractivity contribution >= 4 is 29.9 Å². The van der Waals surface area contributed by atoms with E-state index in [9.17, 15) is 9.59 Å². The molecular weight excluding hydrogens is 362 g/mol. The van der Waals surface area contributed by atoms with E-state index in [2.05, 4.69) is 22.6 Å². The first kappa shape index (κ1) is 19.4. The van der Waals surface area contributed by atoms with E-state index in [4.69, 9.17) is 0 Å². The Morgan fingerprint density at radius 2 is 1.67 bits per heavy atom. The third kappa shape index (κ3) is 3.84. The van der Waals surface area contributed by atoms with Gasteiger partial charge in [-0.15, -0.1) is 12.4 Å². The van der Waals surface area contributed by atoms with Crippen molar-refractivity contribution in [2.24, 2.45) is 0 Å². The van der Waals surface area contributed by atoms with Crippen molar-refractivity contribution in [1.29, 1.82) is 0 Å². The van der Waals surface area contributed by atoms with Gasteiger partial charge in [-0.25, -0.2) is 0 Å². The number of carbonyl (C=O) groups excluding carboxylic acids is 2. The molecule has 4 rings (SSSR count). The van der Waals surface area contributed by atoms with Crippen LogP contribution in [0.5, 0.6) is 0 Å². The number of amides is 2. The molecule has 0 spiro atoms. The zero-order valence-electron chi connectivity index (χ0n) is 15.3. The Balaban J connectivity index is 0.00000210. The van der Waals surface area contributed by atoms with Gasteiger partial charge < -0.3 is 15.5 Å². The lowest BCUT2D eigenvalue weighted by molar-refractivity contribution is -0.122. The van der Waals surface area contributed by atoms with E-state index in [0.29, 0.717) is 11.3 Å². The molecule has 0 radical (unpaired) electrons. The molecule has 0 aliphatic carbocycles. The van der Waals surface area contributed by atoms with Gasteiger partial charge in [-0.2, -0.15) is 0 Å². The van der Waals surface area contributed by atoms with Crippen molar-refractivity contribution in [3.8, 4) is 0 Å². The minimum absolute atomic E-state index is 0. The maximum absolute atomic E-state index is 13.3. The Morgan fingerprint density at radius 1 is 1.04 bits per heavy atom. The normalized spacial score (nSPS) is 19.7. The molecule has 0 saturated carbocycles. The Hall–Kier alpha value is -2.37. The van der Waals surface area contributed by atoms with Crippen LogP contribution in [-0.2, 0) is 4.79 Å². The number of hydrogen-bond donors (Lipinski definition) is 2. The first-order valence-electron chi connectivity index (χ1n) is 9.11. The molecule has 1 unspecified atom stereocenters. The van der Waals surface area contributed by atoms with Gasteiger partial charge in [0.15, 0.2) is 0 Å². The lowest BCUT2D eigenvalue weighted by atomic mass is 9.87. The van der Waals surface area contributed by atoms with Gasteiger partial charge in [-0.3, -0.25) is 9.59 Å². The van der Waals surface area contributed by atoms with E-state index in [0.717, 1.165) is 37.1 Å². The number of para-hydroxylation sites is 1. The van der Waals surface area contributed by atoms with Crippen molar-refractivity contribution < 1.29 is 9.59 Å². The minimum atomic E-state index is -0.485. The summed E-state index contributed by atoms with van der Waals surface area (Å²) in [5, 5.41) is 6.18. The third-order valence-electron chi connectivity index (χ3n) is 5.36. The van der Waals surface area contributed by atoms with E-state index in [-0.39, 0.29) is 30.3 Å². The first-order chi connectivity index (χ1) is 12.6. The lowest BCUT2D eigenvalue weighted by Crippen LogP contribution is -2.45. The Morgan fingerprint density at radius 3 is 2.41 bits per heavy atom. The monoisotopic (exact) mass is 385 g/mol. The second-order valence-electron chi connectivity index (χ2n) is 7.15. The summed E-state index contributed by atoms with van der Waals surface area (Å²) in [5.41, 5.74) is 2.88. The maximum atomic E-state index is 13.3. The molecule has 1 fully saturated rings. The van der Waals surface area contributed by atoms with Crippen molar-refractivity contribution in [3.63, 3.8) is 0 Å². The van der Waals surface area contributed by atoms with Crippen LogP contribution < -0.4 is 10.6 Å². The summed E-state index contributed by atoms with van der Waals surface area (Å²) in [5.74, 6) is -0.681. The van der Waals surface area contributed by atoms with Crippen molar-refractivity contribution in [2.45, 2.75) is 24.8 Å². The van der Waals surface area contributed by atoms with Crippen LogP contribution in [0.1, 0.15) is 40.2 Å². The van der Waals surface area contributed by atoms with Crippen molar-refractivity contribution in [2.75, 3.05) is 25.5 Å². The van der Waals surface area contributed by atoms with Crippen LogP contribution in [-0.4, -0.2) is 42.9 Å². The van der Waals surface area contributed by atoms with Gasteiger partial charge >= 0.3 is 0 Å². The largest absolute Gasteiger partial charge is 0.352 e. The lowest BCUT2D eigenvalue weighted by Gasteiger charge is -2.31. The zero-order chi connectivity index (χ0) is 18.1. The predicted octanol–water partition coefficient (Wildman–Crippen LogP) is 3.02. The number of fused-ring (bicyclic) bond motifs is 2. The van der Waals surface area contributed by atoms with E-state index < -0.39 is 5.92 Å². The summed E-state index contributed by atoms with van der Waals surface area (Å²) in [6.07, 6.45) is 1.91. The number of anilines is 1. The highest BCUT2D eigenvalue weighted by molar-refractivity contribution is 6.09. The second-order valence-corrected chi connectivity index (χ2v) is 7.15. The fourth-order valence-electron chi connectivity index (χ4n) is 3.90. The Bertz CT molecular complexity index is 847. The summed E-state index contributed by atoms with van der Waals surface area (Å²) in [6, 6.07) is 15.1. The molecule has 27 heavy (non-hydrogen) atoms. The molecule has 2 aromatic carbocycles. The number of benzene rings is 2. The van der Waals surface area contributed by atoms with Crippen LogP contribution in [0.3, 0.4) is 0 Å². The summed E-state index contributed by atoms with van der Waals surface area (Å²) < 4.78 is 0. The van der Waals surface area contributed by atoms with Crippen LogP contribution >= 0.6 is 12.4 Å². The van der Waals surface area contributed by atoms with Crippen molar-refractivity contribution in [3.05, 3.63) is 65.2 Å². The number of carbonyl (C=O) groups is 2. The highest BCUT2D eigenvalue weighted by Gasteiger charge is 2.33. The number of nitrogens with zero attached hydrogens (tertiary/aromatic N) is 1. The smallest absolute Gasteiger partial charge is 0.255 e. The molecule has 2 amide bonds. The van der Waals surface area contributed by atoms with E-state index in [1.807, 2.05) is 42.5 Å². The third-order valence-corrected chi connectivity index (χ3v) is 5.36. The van der Waals surface area contributed by atoms with Gasteiger partial charge in [0.25, 0.3) is 5.91 Å². The molecule has 2 aliphatic rings. The summed E-state index contributed by atoms with van der Waals surface area (Å²) in [6.45, 7) is 1.98. The molecule has 2 aromatic rings. The molecule has 6 heteroatoms. The molecule has 1 atom stereocenters. The topological polar surface area (TPSA) is 61.4 Å². The van der Waals surface area contributed by atoms with Crippen LogP contribution in [0.25, 0.3) is 0 Å². The quantitative estimate of drug-likeness (QED) is 0.835. The molecule has 1 saturated heterocycles. The van der Waals surface area contributed by atoms with Gasteiger partial charge in [0.1, 0.15) is 0 Å². The molecule has 2 heterocycles. The summed E-state index contributed by atoms with van der Waals surface area (Å²) in [7, 11) is 2.10. The van der Waals surface area contributed by atoms with E-state index in [1.165, 1.54) is 0 Å². The SMILES string of the molecule is CN1CCC(NC(=O)C2c3ccccc3NC(=O)c3ccccc32)CC1.Cl. The number of hydrogen-bond acceptors (Lipinski definition) is 3. The van der Waals surface area contributed by atoms with Gasteiger partial charge in [0.2, 0.25) is 5.91 Å². The number of likely N-dealkylation sites (tertiary alicyclic amines) is 1. The average Bonchev–Trinajstić information content (AvgIpc) is 2.77. The van der Waals surface area contributed by atoms with E-state index >= 15 is 0 Å². The van der Waals surface area contributed by atoms with Crippen molar-refractivity contribution in [1.82, 2.24) is 10.2 Å². The molecule has 0 aromatic heterocycles. The fourth-order valence-corrected chi connectivity index (χ4v) is 3.90. The number of halogens is 1. The van der Waals surface area contributed by atoms with Crippen LogP contribution in [0.2, 0.25) is 0 Å². The number of rotatable bonds is 2. The standard InChI is InChI=1S/C21H23N3O2.ClH/c1-24-12-10-14(11-13-24)22-21(26)19-15-6-2-3-7-16(15)20(25)23-18-9-5-4-8-17(18)19;/h2-9,14,19H,10-13H2,1H3,(H,22,26)(H,23,25);1H. The molecule has 0 bridgehead atoms. The van der Waals surface area contributed by atoms with Crippen LogP contribution in [0, 0.1) is 0 Å². The molecule has 2 aliphatic heterocycles. The molecule has 142 valence electrons. The first-order valence-corrected chi connectivity index (χ1v) is 9.11. The zero-order valence-corrected chi connectivity index (χ0v) is 16.1. The van der Waals surface area contributed by atoms with Gasteiger partial charge in [0, 0.05) is 17.3 Å². The minimum Gasteiger partial charge on any atom is -0.352 e. The molecule has 5 nitrogen and oxygen atoms in total. The number of nitrogens with one attached hydrogen (secondary N) is 2. The predicted molar refractivity (Wildman–Crippen MR) is 109 cm³/mol. The van der Waals surface area contributed by atoms with Gasteiger partial charge in [-0.1, -0.05) is 36.4 Å². The van der Waals surface area contributed by atoms with Crippen LogP contribution in [0.4, 0.5) is 5.69 Å². The Kier molecular flexibility index (Phi) is 5.82. The summed E-state index contributed by atoms with van der Waals surface area (Å²) in [4.78, 5) is 28.2. The number of piperidine rings is 1. The molecule has 2 N–H and O–H groups in total.